The van der Waals surface area contributed by atoms with Crippen molar-refractivity contribution in [1.29, 1.82) is 0 Å². The fraction of sp³-hybridized carbons (Fsp3) is 0.250. The standard InChI is InChI=1S/C20H20BrN3O5/c21-17-11-14(12-22-23-20(27)15-2-4-16(25)5-3-15)1-6-18(17)29-13-19(26)24-7-9-28-10-8-24/h1-6,11-12,25H,7-10,13H2,(H,23,27)/b22-12-. The van der Waals surface area contributed by atoms with Gasteiger partial charge in [-0.2, -0.15) is 5.10 Å². The van der Waals surface area contributed by atoms with Crippen LogP contribution in [0.15, 0.2) is 52.0 Å². The van der Waals surface area contributed by atoms with Crippen LogP contribution >= 0.6 is 15.9 Å². The molecular formula is C20H20BrN3O5. The first-order chi connectivity index (χ1) is 14.0. The van der Waals surface area contributed by atoms with Gasteiger partial charge in [-0.3, -0.25) is 9.59 Å². The molecule has 2 aromatic rings. The number of amides is 2. The van der Waals surface area contributed by atoms with Crippen LogP contribution in [0.25, 0.3) is 0 Å². The maximum Gasteiger partial charge on any atom is 0.271 e. The van der Waals surface area contributed by atoms with Gasteiger partial charge in [0.1, 0.15) is 11.5 Å². The van der Waals surface area contributed by atoms with Gasteiger partial charge in [-0.15, -0.1) is 0 Å². The number of carbonyl (C=O) groups excluding carboxylic acids is 2. The molecule has 0 atom stereocenters. The summed E-state index contributed by atoms with van der Waals surface area (Å²) < 4.78 is 11.5. The Morgan fingerprint density at radius 3 is 2.62 bits per heavy atom. The second kappa shape index (κ2) is 10.0. The number of nitrogens with one attached hydrogen (secondary N) is 1. The third kappa shape index (κ3) is 6.03. The lowest BCUT2D eigenvalue weighted by molar-refractivity contribution is -0.137. The summed E-state index contributed by atoms with van der Waals surface area (Å²) in [5, 5.41) is 13.2. The summed E-state index contributed by atoms with van der Waals surface area (Å²) in [4.78, 5) is 25.8. The number of nitrogens with zero attached hydrogens (tertiary/aromatic N) is 2. The Balaban J connectivity index is 1.52. The van der Waals surface area contributed by atoms with E-state index in [1.54, 1.807) is 23.1 Å². The van der Waals surface area contributed by atoms with Gasteiger partial charge in [-0.1, -0.05) is 0 Å². The highest BCUT2D eigenvalue weighted by Gasteiger charge is 2.17. The van der Waals surface area contributed by atoms with E-state index < -0.39 is 0 Å². The Labute approximate surface area is 176 Å². The molecule has 1 aliphatic rings. The number of hydrogen-bond donors (Lipinski definition) is 2. The molecule has 2 aromatic carbocycles. The summed E-state index contributed by atoms with van der Waals surface area (Å²) in [6, 6.07) is 11.1. The molecule has 1 aliphatic heterocycles. The van der Waals surface area contributed by atoms with Crippen LogP contribution in [0.4, 0.5) is 0 Å². The monoisotopic (exact) mass is 461 g/mol. The molecule has 0 spiro atoms. The second-order valence-electron chi connectivity index (χ2n) is 6.22. The lowest BCUT2D eigenvalue weighted by atomic mass is 10.2. The molecular weight excluding hydrogens is 442 g/mol. The molecule has 2 N–H and O–H groups in total. The number of hydrazone groups is 1. The van der Waals surface area contributed by atoms with Crippen molar-refractivity contribution in [2.24, 2.45) is 5.10 Å². The van der Waals surface area contributed by atoms with E-state index in [4.69, 9.17) is 9.47 Å². The largest absolute Gasteiger partial charge is 0.508 e. The first kappa shape index (κ1) is 20.8. The topological polar surface area (TPSA) is 100 Å². The van der Waals surface area contributed by atoms with Gasteiger partial charge in [0.05, 0.1) is 23.9 Å². The van der Waals surface area contributed by atoms with Crippen LogP contribution in [0, 0.1) is 0 Å². The van der Waals surface area contributed by atoms with Crippen molar-refractivity contribution in [2.45, 2.75) is 0 Å². The number of halogens is 1. The minimum Gasteiger partial charge on any atom is -0.508 e. The summed E-state index contributed by atoms with van der Waals surface area (Å²) in [6.45, 7) is 2.21. The smallest absolute Gasteiger partial charge is 0.271 e. The number of aromatic hydroxyl groups is 1. The Hall–Kier alpha value is -2.91. The van der Waals surface area contributed by atoms with Gasteiger partial charge in [0, 0.05) is 18.7 Å². The molecule has 29 heavy (non-hydrogen) atoms. The number of ether oxygens (including phenoxy) is 2. The first-order valence-electron chi connectivity index (χ1n) is 8.93. The van der Waals surface area contributed by atoms with Gasteiger partial charge in [0.2, 0.25) is 0 Å². The van der Waals surface area contributed by atoms with Crippen molar-refractivity contribution in [3.63, 3.8) is 0 Å². The van der Waals surface area contributed by atoms with Crippen molar-refractivity contribution >= 4 is 34.0 Å². The molecule has 8 nitrogen and oxygen atoms in total. The van der Waals surface area contributed by atoms with Gasteiger partial charge < -0.3 is 19.5 Å². The molecule has 0 aromatic heterocycles. The normalized spacial score (nSPS) is 14.0. The third-order valence-corrected chi connectivity index (χ3v) is 4.80. The quantitative estimate of drug-likeness (QED) is 0.506. The summed E-state index contributed by atoms with van der Waals surface area (Å²) in [5.41, 5.74) is 3.53. The van der Waals surface area contributed by atoms with E-state index in [-0.39, 0.29) is 24.2 Å². The molecule has 9 heteroatoms. The number of carbonyl (C=O) groups is 2. The fourth-order valence-electron chi connectivity index (χ4n) is 2.60. The molecule has 2 amide bonds. The van der Waals surface area contributed by atoms with Crippen molar-refractivity contribution < 1.29 is 24.2 Å². The lowest BCUT2D eigenvalue weighted by Crippen LogP contribution is -2.43. The minimum atomic E-state index is -0.387. The maximum absolute atomic E-state index is 12.1. The van der Waals surface area contributed by atoms with E-state index in [2.05, 4.69) is 26.5 Å². The highest BCUT2D eigenvalue weighted by Crippen LogP contribution is 2.25. The zero-order chi connectivity index (χ0) is 20.6. The van der Waals surface area contributed by atoms with Crippen molar-refractivity contribution in [1.82, 2.24) is 10.3 Å². The molecule has 1 heterocycles. The van der Waals surface area contributed by atoms with E-state index >= 15 is 0 Å². The average molecular weight is 462 g/mol. The highest BCUT2D eigenvalue weighted by molar-refractivity contribution is 9.10. The van der Waals surface area contributed by atoms with Gasteiger partial charge in [0.25, 0.3) is 11.8 Å². The average Bonchev–Trinajstić information content (AvgIpc) is 2.74. The van der Waals surface area contributed by atoms with E-state index in [9.17, 15) is 14.7 Å². The van der Waals surface area contributed by atoms with E-state index in [1.807, 2.05) is 0 Å². The predicted molar refractivity (Wildman–Crippen MR) is 110 cm³/mol. The van der Waals surface area contributed by atoms with Crippen molar-refractivity contribution in [3.8, 4) is 11.5 Å². The molecule has 0 radical (unpaired) electrons. The Bertz CT molecular complexity index is 895. The molecule has 1 fully saturated rings. The molecule has 0 saturated carbocycles. The van der Waals surface area contributed by atoms with Crippen LogP contribution in [0.2, 0.25) is 0 Å². The second-order valence-corrected chi connectivity index (χ2v) is 7.07. The lowest BCUT2D eigenvalue weighted by Gasteiger charge is -2.26. The van der Waals surface area contributed by atoms with Crippen molar-refractivity contribution in [3.05, 3.63) is 58.1 Å². The number of morpholine rings is 1. The van der Waals surface area contributed by atoms with Gasteiger partial charge in [0.15, 0.2) is 6.61 Å². The van der Waals surface area contributed by atoms with Crippen LogP contribution in [-0.2, 0) is 9.53 Å². The first-order valence-corrected chi connectivity index (χ1v) is 9.72. The Kier molecular flexibility index (Phi) is 7.20. The zero-order valence-corrected chi connectivity index (χ0v) is 17.1. The number of phenolic OH excluding ortho intramolecular Hbond substituents is 1. The zero-order valence-electron chi connectivity index (χ0n) is 15.5. The Morgan fingerprint density at radius 1 is 1.21 bits per heavy atom. The fourth-order valence-corrected chi connectivity index (χ4v) is 3.11. The molecule has 3 rings (SSSR count). The Morgan fingerprint density at radius 2 is 1.93 bits per heavy atom. The number of hydrogen-bond acceptors (Lipinski definition) is 6. The van der Waals surface area contributed by atoms with E-state index in [0.717, 1.165) is 5.56 Å². The number of rotatable bonds is 6. The SMILES string of the molecule is O=C(N/N=C\c1ccc(OCC(=O)N2CCOCC2)c(Br)c1)c1ccc(O)cc1. The number of benzene rings is 2. The summed E-state index contributed by atoms with van der Waals surface area (Å²) in [6.07, 6.45) is 1.49. The maximum atomic E-state index is 12.1. The molecule has 0 bridgehead atoms. The molecule has 0 unspecified atom stereocenters. The molecule has 152 valence electrons. The molecule has 0 aliphatic carbocycles. The van der Waals surface area contributed by atoms with Crippen LogP contribution in [-0.4, -0.2) is 60.9 Å². The van der Waals surface area contributed by atoms with Crippen LogP contribution in [0.1, 0.15) is 15.9 Å². The number of phenols is 1. The van der Waals surface area contributed by atoms with Gasteiger partial charge >= 0.3 is 0 Å². The van der Waals surface area contributed by atoms with Crippen LogP contribution in [0.5, 0.6) is 11.5 Å². The third-order valence-electron chi connectivity index (χ3n) is 4.18. The highest BCUT2D eigenvalue weighted by atomic mass is 79.9. The van der Waals surface area contributed by atoms with E-state index in [1.165, 1.54) is 30.5 Å². The summed E-state index contributed by atoms with van der Waals surface area (Å²) >= 11 is 3.42. The predicted octanol–water partition coefficient (Wildman–Crippen LogP) is 2.16. The van der Waals surface area contributed by atoms with Crippen LogP contribution in [0.3, 0.4) is 0 Å². The molecule has 1 saturated heterocycles. The van der Waals surface area contributed by atoms with Gasteiger partial charge in [-0.05, 0) is 64.0 Å². The van der Waals surface area contributed by atoms with Gasteiger partial charge in [-0.25, -0.2) is 5.43 Å². The summed E-state index contributed by atoms with van der Waals surface area (Å²) in [7, 11) is 0. The van der Waals surface area contributed by atoms with Crippen molar-refractivity contribution in [2.75, 3.05) is 32.9 Å². The van der Waals surface area contributed by atoms with E-state index in [0.29, 0.717) is 42.1 Å². The summed E-state index contributed by atoms with van der Waals surface area (Å²) in [5.74, 6) is 0.158. The van der Waals surface area contributed by atoms with Crippen LogP contribution < -0.4 is 10.2 Å². The minimum absolute atomic E-state index is 0.0469.